The summed E-state index contributed by atoms with van der Waals surface area (Å²) in [5.74, 6) is 0.667. The van der Waals surface area contributed by atoms with Gasteiger partial charge in [0.25, 0.3) is 5.91 Å². The van der Waals surface area contributed by atoms with Gasteiger partial charge in [-0.2, -0.15) is 0 Å². The number of aromatic nitrogens is 1. The summed E-state index contributed by atoms with van der Waals surface area (Å²) in [6.45, 7) is 2.86. The number of aromatic amines is 1. The summed E-state index contributed by atoms with van der Waals surface area (Å²) >= 11 is 0. The van der Waals surface area contributed by atoms with Gasteiger partial charge in [-0.15, -0.1) is 0 Å². The highest BCUT2D eigenvalue weighted by Crippen LogP contribution is 2.39. The molecule has 1 aliphatic heterocycles. The molecule has 0 spiro atoms. The molecule has 1 aromatic carbocycles. The van der Waals surface area contributed by atoms with Crippen molar-refractivity contribution in [1.82, 2.24) is 10.3 Å². The summed E-state index contributed by atoms with van der Waals surface area (Å²) < 4.78 is 11.1. The molecule has 4 N–H and O–H groups in total. The van der Waals surface area contributed by atoms with Crippen LogP contribution in [0.25, 0.3) is 0 Å². The van der Waals surface area contributed by atoms with Crippen LogP contribution in [0.1, 0.15) is 35.4 Å². The van der Waals surface area contributed by atoms with E-state index in [1.54, 1.807) is 12.1 Å². The predicted octanol–water partition coefficient (Wildman–Crippen LogP) is 2.25. The number of benzene rings is 1. The zero-order valence-electron chi connectivity index (χ0n) is 12.4. The highest BCUT2D eigenvalue weighted by atomic mass is 16.6. The van der Waals surface area contributed by atoms with E-state index in [1.165, 1.54) is 0 Å². The molecule has 1 aliphatic rings. The zero-order valence-corrected chi connectivity index (χ0v) is 12.4. The van der Waals surface area contributed by atoms with Crippen molar-refractivity contribution in [2.45, 2.75) is 19.4 Å². The van der Waals surface area contributed by atoms with Crippen LogP contribution in [0.3, 0.4) is 0 Å². The molecular formula is C16H19N3O3. The van der Waals surface area contributed by atoms with Crippen molar-refractivity contribution in [2.24, 2.45) is 0 Å². The van der Waals surface area contributed by atoms with Gasteiger partial charge in [-0.25, -0.2) is 0 Å². The number of nitrogens with two attached hydrogens (primary N) is 1. The number of nitrogen functional groups attached to an aromatic ring is 1. The number of carbonyl (C=O) groups is 1. The number of amides is 1. The molecular weight excluding hydrogens is 282 g/mol. The van der Waals surface area contributed by atoms with E-state index in [9.17, 15) is 4.79 Å². The van der Waals surface area contributed by atoms with Crippen molar-refractivity contribution < 1.29 is 14.3 Å². The topological polar surface area (TPSA) is 89.4 Å². The number of carbonyl (C=O) groups excluding carboxylic acids is 1. The molecule has 0 saturated heterocycles. The van der Waals surface area contributed by atoms with E-state index < -0.39 is 0 Å². The zero-order chi connectivity index (χ0) is 15.5. The van der Waals surface area contributed by atoms with Crippen LogP contribution in [0.15, 0.2) is 30.5 Å². The third-order valence-electron chi connectivity index (χ3n) is 3.67. The Morgan fingerprint density at radius 1 is 1.32 bits per heavy atom. The molecule has 2 heterocycles. The van der Waals surface area contributed by atoms with Crippen LogP contribution in [0.2, 0.25) is 0 Å². The number of hydrogen-bond acceptors (Lipinski definition) is 4. The number of ether oxygens (including phenoxy) is 2. The molecule has 1 atom stereocenters. The Morgan fingerprint density at radius 2 is 2.09 bits per heavy atom. The fourth-order valence-corrected chi connectivity index (χ4v) is 2.53. The van der Waals surface area contributed by atoms with Crippen molar-refractivity contribution >= 4 is 11.6 Å². The van der Waals surface area contributed by atoms with Crippen molar-refractivity contribution in [2.75, 3.05) is 18.9 Å². The van der Waals surface area contributed by atoms with Gasteiger partial charge in [-0.3, -0.25) is 4.79 Å². The molecule has 0 bridgehead atoms. The van der Waals surface area contributed by atoms with E-state index in [4.69, 9.17) is 15.2 Å². The van der Waals surface area contributed by atoms with Gasteiger partial charge in [0.2, 0.25) is 0 Å². The van der Waals surface area contributed by atoms with Gasteiger partial charge in [0.05, 0.1) is 17.3 Å². The second-order valence-electron chi connectivity index (χ2n) is 5.12. The lowest BCUT2D eigenvalue weighted by Crippen LogP contribution is -2.29. The third kappa shape index (κ3) is 2.59. The molecule has 0 aliphatic carbocycles. The average Bonchev–Trinajstić information content (AvgIpc) is 3.07. The van der Waals surface area contributed by atoms with Gasteiger partial charge in [-0.1, -0.05) is 6.92 Å². The molecule has 0 saturated carbocycles. The van der Waals surface area contributed by atoms with Crippen LogP contribution >= 0.6 is 0 Å². The Morgan fingerprint density at radius 3 is 2.77 bits per heavy atom. The maximum Gasteiger partial charge on any atom is 0.255 e. The first-order valence-corrected chi connectivity index (χ1v) is 7.33. The summed E-state index contributed by atoms with van der Waals surface area (Å²) in [4.78, 5) is 15.7. The lowest BCUT2D eigenvalue weighted by Gasteiger charge is -2.23. The third-order valence-corrected chi connectivity index (χ3v) is 3.67. The summed E-state index contributed by atoms with van der Waals surface area (Å²) in [6, 6.07) is 7.11. The van der Waals surface area contributed by atoms with Gasteiger partial charge in [0.1, 0.15) is 13.2 Å². The Balaban J connectivity index is 1.86. The maximum absolute atomic E-state index is 12.6. The van der Waals surface area contributed by atoms with Crippen molar-refractivity contribution in [3.8, 4) is 11.5 Å². The normalized spacial score (nSPS) is 14.4. The van der Waals surface area contributed by atoms with E-state index >= 15 is 0 Å². The monoisotopic (exact) mass is 301 g/mol. The van der Waals surface area contributed by atoms with Crippen LogP contribution in [-0.4, -0.2) is 24.1 Å². The number of anilines is 1. The molecule has 1 aromatic heterocycles. The van der Waals surface area contributed by atoms with Crippen molar-refractivity contribution in [1.29, 1.82) is 0 Å². The van der Waals surface area contributed by atoms with Crippen LogP contribution in [0.5, 0.6) is 11.5 Å². The first kappa shape index (κ1) is 14.3. The molecule has 22 heavy (non-hydrogen) atoms. The fraction of sp³-hybridized carbons (Fsp3) is 0.312. The number of hydrogen-bond donors (Lipinski definition) is 3. The van der Waals surface area contributed by atoms with Gasteiger partial charge < -0.3 is 25.5 Å². The Bertz CT molecular complexity index is 668. The van der Waals surface area contributed by atoms with Gasteiger partial charge in [0.15, 0.2) is 11.5 Å². The molecule has 1 unspecified atom stereocenters. The fourth-order valence-electron chi connectivity index (χ4n) is 2.53. The average molecular weight is 301 g/mol. The molecule has 0 fully saturated rings. The largest absolute Gasteiger partial charge is 0.485 e. The lowest BCUT2D eigenvalue weighted by atomic mass is 10.1. The Kier molecular flexibility index (Phi) is 3.91. The Hall–Kier alpha value is -2.63. The molecule has 6 nitrogen and oxygen atoms in total. The minimum Gasteiger partial charge on any atom is -0.485 e. The molecule has 2 aromatic rings. The first-order valence-electron chi connectivity index (χ1n) is 7.33. The molecule has 6 heteroatoms. The Labute approximate surface area is 128 Å². The lowest BCUT2D eigenvalue weighted by molar-refractivity contribution is 0.0924. The minimum absolute atomic E-state index is 0.0831. The summed E-state index contributed by atoms with van der Waals surface area (Å²) in [5.41, 5.74) is 7.76. The smallest absolute Gasteiger partial charge is 0.255 e. The minimum atomic E-state index is -0.205. The standard InChI is InChI=1S/C16H19N3O3/c1-2-12(13-4-3-7-18-13)19-16(20)10-5-6-11(17)15-14(10)21-8-9-22-15/h3-7,12,18H,2,8-9,17H2,1H3,(H,19,20). The van der Waals surface area contributed by atoms with Gasteiger partial charge >= 0.3 is 0 Å². The quantitative estimate of drug-likeness (QED) is 0.756. The van der Waals surface area contributed by atoms with Gasteiger partial charge in [0, 0.05) is 11.9 Å². The highest BCUT2D eigenvalue weighted by molar-refractivity contribution is 5.99. The summed E-state index contributed by atoms with van der Waals surface area (Å²) in [7, 11) is 0. The number of rotatable bonds is 4. The second kappa shape index (κ2) is 6.01. The first-order chi connectivity index (χ1) is 10.7. The number of fused-ring (bicyclic) bond motifs is 1. The van der Waals surface area contributed by atoms with Gasteiger partial charge in [-0.05, 0) is 30.7 Å². The SMILES string of the molecule is CCC(NC(=O)c1ccc(N)c2c1OCCO2)c1ccc[nH]1. The van der Waals surface area contributed by atoms with E-state index in [-0.39, 0.29) is 11.9 Å². The van der Waals surface area contributed by atoms with E-state index in [0.29, 0.717) is 36.0 Å². The number of nitrogens with one attached hydrogen (secondary N) is 2. The van der Waals surface area contributed by atoms with E-state index in [2.05, 4.69) is 10.3 Å². The molecule has 3 rings (SSSR count). The van der Waals surface area contributed by atoms with Crippen LogP contribution in [0.4, 0.5) is 5.69 Å². The van der Waals surface area contributed by atoms with Crippen LogP contribution in [0, 0.1) is 0 Å². The summed E-state index contributed by atoms with van der Waals surface area (Å²) in [5, 5.41) is 3.01. The summed E-state index contributed by atoms with van der Waals surface area (Å²) in [6.07, 6.45) is 2.62. The maximum atomic E-state index is 12.6. The predicted molar refractivity (Wildman–Crippen MR) is 83.1 cm³/mol. The molecule has 0 radical (unpaired) electrons. The molecule has 116 valence electrons. The second-order valence-corrected chi connectivity index (χ2v) is 5.12. The highest BCUT2D eigenvalue weighted by Gasteiger charge is 2.24. The molecule has 1 amide bonds. The van der Waals surface area contributed by atoms with Crippen molar-refractivity contribution in [3.05, 3.63) is 41.7 Å². The van der Waals surface area contributed by atoms with E-state index in [0.717, 1.165) is 12.1 Å². The van der Waals surface area contributed by atoms with Crippen LogP contribution < -0.4 is 20.5 Å². The number of H-pyrrole nitrogens is 1. The van der Waals surface area contributed by atoms with E-state index in [1.807, 2.05) is 25.3 Å². The van der Waals surface area contributed by atoms with Crippen LogP contribution in [-0.2, 0) is 0 Å². The van der Waals surface area contributed by atoms with Crippen molar-refractivity contribution in [3.63, 3.8) is 0 Å².